The Morgan fingerprint density at radius 3 is 3.07 bits per heavy atom. The van der Waals surface area contributed by atoms with E-state index in [-0.39, 0.29) is 6.61 Å². The van der Waals surface area contributed by atoms with Crippen LogP contribution in [0.3, 0.4) is 0 Å². The number of thioether (sulfide) groups is 1. The molecule has 0 amide bonds. The number of benzene rings is 1. The highest BCUT2D eigenvalue weighted by atomic mass is 32.2. The maximum absolute atomic E-state index is 9.04. The topological polar surface area (TPSA) is 20.2 Å². The average molecular weight is 220 g/mol. The molecule has 0 heterocycles. The minimum absolute atomic E-state index is 0.134. The second-order valence-corrected chi connectivity index (χ2v) is 5.13. The second kappa shape index (κ2) is 5.38. The SMILES string of the molecule is OCc1cccc(SC2C=CCCC2)c1. The lowest BCUT2D eigenvalue weighted by Gasteiger charge is -2.15. The van der Waals surface area contributed by atoms with E-state index in [1.807, 2.05) is 23.9 Å². The molecule has 1 unspecified atom stereocenters. The van der Waals surface area contributed by atoms with Gasteiger partial charge in [0.15, 0.2) is 0 Å². The highest BCUT2D eigenvalue weighted by Gasteiger charge is 2.09. The molecule has 1 aliphatic rings. The van der Waals surface area contributed by atoms with E-state index in [1.54, 1.807) is 0 Å². The van der Waals surface area contributed by atoms with Crippen LogP contribution in [0, 0.1) is 0 Å². The van der Waals surface area contributed by atoms with Gasteiger partial charge in [0.2, 0.25) is 0 Å². The molecule has 1 aromatic rings. The molecule has 15 heavy (non-hydrogen) atoms. The molecular formula is C13H16OS. The van der Waals surface area contributed by atoms with E-state index in [0.717, 1.165) is 5.56 Å². The van der Waals surface area contributed by atoms with Gasteiger partial charge in [0, 0.05) is 10.1 Å². The number of aliphatic hydroxyl groups is 1. The molecule has 1 aliphatic carbocycles. The third-order valence-corrected chi connectivity index (χ3v) is 3.80. The van der Waals surface area contributed by atoms with Crippen LogP contribution in [0.1, 0.15) is 24.8 Å². The van der Waals surface area contributed by atoms with Crippen molar-refractivity contribution in [1.29, 1.82) is 0 Å². The first-order valence-corrected chi connectivity index (χ1v) is 6.29. The van der Waals surface area contributed by atoms with Gasteiger partial charge in [-0.1, -0.05) is 24.3 Å². The lowest BCUT2D eigenvalue weighted by atomic mass is 10.1. The summed E-state index contributed by atoms with van der Waals surface area (Å²) in [5.41, 5.74) is 1.000. The first kappa shape index (κ1) is 10.8. The van der Waals surface area contributed by atoms with Gasteiger partial charge in [-0.15, -0.1) is 11.8 Å². The van der Waals surface area contributed by atoms with Gasteiger partial charge in [-0.25, -0.2) is 0 Å². The summed E-state index contributed by atoms with van der Waals surface area (Å²) in [5, 5.41) is 9.66. The smallest absolute Gasteiger partial charge is 0.0682 e. The van der Waals surface area contributed by atoms with E-state index in [9.17, 15) is 0 Å². The Bertz CT molecular complexity index is 346. The lowest BCUT2D eigenvalue weighted by molar-refractivity contribution is 0.281. The van der Waals surface area contributed by atoms with Crippen molar-refractivity contribution in [2.75, 3.05) is 0 Å². The third kappa shape index (κ3) is 3.11. The number of allylic oxidation sites excluding steroid dienone is 1. The third-order valence-electron chi connectivity index (χ3n) is 2.58. The van der Waals surface area contributed by atoms with E-state index in [0.29, 0.717) is 5.25 Å². The predicted octanol–water partition coefficient (Wildman–Crippen LogP) is 3.38. The number of aliphatic hydroxyl groups excluding tert-OH is 1. The first-order valence-electron chi connectivity index (χ1n) is 5.41. The Labute approximate surface area is 95.2 Å². The van der Waals surface area contributed by atoms with Crippen LogP contribution in [-0.4, -0.2) is 10.4 Å². The molecule has 0 aromatic heterocycles. The van der Waals surface area contributed by atoms with Crippen molar-refractivity contribution in [3.8, 4) is 0 Å². The molecule has 0 fully saturated rings. The molecule has 0 saturated carbocycles. The summed E-state index contributed by atoms with van der Waals surface area (Å²) in [6.45, 7) is 0.134. The number of hydrogen-bond acceptors (Lipinski definition) is 2. The minimum Gasteiger partial charge on any atom is -0.392 e. The second-order valence-electron chi connectivity index (χ2n) is 3.82. The summed E-state index contributed by atoms with van der Waals surface area (Å²) in [6, 6.07) is 8.17. The predicted molar refractivity (Wildman–Crippen MR) is 65.0 cm³/mol. The van der Waals surface area contributed by atoms with Gasteiger partial charge in [-0.2, -0.15) is 0 Å². The largest absolute Gasteiger partial charge is 0.392 e. The zero-order chi connectivity index (χ0) is 10.5. The molecule has 80 valence electrons. The minimum atomic E-state index is 0.134. The van der Waals surface area contributed by atoms with Crippen LogP contribution in [0.25, 0.3) is 0 Å². The average Bonchev–Trinajstić information content (AvgIpc) is 2.31. The Hall–Kier alpha value is -0.730. The molecule has 1 atom stereocenters. The zero-order valence-corrected chi connectivity index (χ0v) is 9.54. The van der Waals surface area contributed by atoms with E-state index < -0.39 is 0 Å². The van der Waals surface area contributed by atoms with Crippen molar-refractivity contribution in [2.45, 2.75) is 36.0 Å². The standard InChI is InChI=1S/C13H16OS/c14-10-11-5-4-8-13(9-11)15-12-6-2-1-3-7-12/h2,4-6,8-9,12,14H,1,3,7,10H2. The van der Waals surface area contributed by atoms with Gasteiger partial charge < -0.3 is 5.11 Å². The van der Waals surface area contributed by atoms with Crippen molar-refractivity contribution in [3.05, 3.63) is 42.0 Å². The molecule has 0 radical (unpaired) electrons. The summed E-state index contributed by atoms with van der Waals surface area (Å²) in [6.07, 6.45) is 8.38. The van der Waals surface area contributed by atoms with Gasteiger partial charge in [-0.3, -0.25) is 0 Å². The van der Waals surface area contributed by atoms with Crippen LogP contribution in [0.15, 0.2) is 41.3 Å². The van der Waals surface area contributed by atoms with Crippen LogP contribution in [0.4, 0.5) is 0 Å². The van der Waals surface area contributed by atoms with Crippen molar-refractivity contribution in [3.63, 3.8) is 0 Å². The molecule has 1 nitrogen and oxygen atoms in total. The molecule has 2 heteroatoms. The first-order chi connectivity index (χ1) is 7.38. The van der Waals surface area contributed by atoms with E-state index in [1.165, 1.54) is 24.2 Å². The summed E-state index contributed by atoms with van der Waals surface area (Å²) in [7, 11) is 0. The molecule has 0 saturated heterocycles. The molecular weight excluding hydrogens is 204 g/mol. The summed E-state index contributed by atoms with van der Waals surface area (Å²) in [5.74, 6) is 0. The fraction of sp³-hybridized carbons (Fsp3) is 0.385. The Kier molecular flexibility index (Phi) is 3.87. The highest BCUT2D eigenvalue weighted by Crippen LogP contribution is 2.30. The Morgan fingerprint density at radius 2 is 2.33 bits per heavy atom. The van der Waals surface area contributed by atoms with Crippen LogP contribution in [0.5, 0.6) is 0 Å². The van der Waals surface area contributed by atoms with E-state index >= 15 is 0 Å². The maximum Gasteiger partial charge on any atom is 0.0682 e. The lowest BCUT2D eigenvalue weighted by Crippen LogP contribution is -2.01. The van der Waals surface area contributed by atoms with Crippen LogP contribution in [-0.2, 0) is 6.61 Å². The number of rotatable bonds is 3. The molecule has 2 rings (SSSR count). The Balaban J connectivity index is 2.03. The highest BCUT2D eigenvalue weighted by molar-refractivity contribution is 8.00. The van der Waals surface area contributed by atoms with Crippen molar-refractivity contribution < 1.29 is 5.11 Å². The zero-order valence-electron chi connectivity index (χ0n) is 8.73. The normalized spacial score (nSPS) is 20.5. The van der Waals surface area contributed by atoms with Gasteiger partial charge in [0.05, 0.1) is 6.61 Å². The maximum atomic E-state index is 9.04. The van der Waals surface area contributed by atoms with E-state index in [4.69, 9.17) is 5.11 Å². The molecule has 0 bridgehead atoms. The van der Waals surface area contributed by atoms with Crippen molar-refractivity contribution >= 4 is 11.8 Å². The van der Waals surface area contributed by atoms with Crippen molar-refractivity contribution in [2.24, 2.45) is 0 Å². The molecule has 1 N–H and O–H groups in total. The van der Waals surface area contributed by atoms with Gasteiger partial charge in [-0.05, 0) is 37.0 Å². The summed E-state index contributed by atoms with van der Waals surface area (Å²) < 4.78 is 0. The molecule has 1 aromatic carbocycles. The quantitative estimate of drug-likeness (QED) is 0.788. The Morgan fingerprint density at radius 1 is 1.40 bits per heavy atom. The molecule has 0 spiro atoms. The van der Waals surface area contributed by atoms with Crippen LogP contribution in [0.2, 0.25) is 0 Å². The van der Waals surface area contributed by atoms with Gasteiger partial charge >= 0.3 is 0 Å². The fourth-order valence-electron chi connectivity index (χ4n) is 1.77. The number of hydrogen-bond donors (Lipinski definition) is 1. The van der Waals surface area contributed by atoms with Crippen LogP contribution < -0.4 is 0 Å². The summed E-state index contributed by atoms with van der Waals surface area (Å²) >= 11 is 1.90. The van der Waals surface area contributed by atoms with Crippen molar-refractivity contribution in [1.82, 2.24) is 0 Å². The van der Waals surface area contributed by atoms with Gasteiger partial charge in [0.25, 0.3) is 0 Å². The van der Waals surface area contributed by atoms with E-state index in [2.05, 4.69) is 24.3 Å². The fourth-order valence-corrected chi connectivity index (χ4v) is 2.97. The monoisotopic (exact) mass is 220 g/mol. The van der Waals surface area contributed by atoms with Crippen LogP contribution >= 0.6 is 11.8 Å². The summed E-state index contributed by atoms with van der Waals surface area (Å²) in [4.78, 5) is 1.26. The molecule has 0 aliphatic heterocycles. The van der Waals surface area contributed by atoms with Gasteiger partial charge in [0.1, 0.15) is 0 Å².